The summed E-state index contributed by atoms with van der Waals surface area (Å²) < 4.78 is 38.3. The van der Waals surface area contributed by atoms with Crippen molar-refractivity contribution in [3.8, 4) is 29.0 Å². The van der Waals surface area contributed by atoms with Gasteiger partial charge in [-0.25, -0.2) is 23.1 Å². The SMILES string of the molecule is CCCn1cc(C#Cc2c(Oc3ccc(NC(=O)c4cn(C(C)C)c(=O)n(-c5ccc(F)cc5)c4=O)cc3F)ccnc2N)cn1. The number of nitrogen functional groups attached to an aromatic ring is 1. The first kappa shape index (κ1) is 31.4. The zero-order valence-electron chi connectivity index (χ0n) is 25.1. The Morgan fingerprint density at radius 1 is 1.04 bits per heavy atom. The van der Waals surface area contributed by atoms with Crippen molar-refractivity contribution >= 4 is 17.4 Å². The number of amides is 1. The van der Waals surface area contributed by atoms with Crippen LogP contribution in [0.25, 0.3) is 5.69 Å². The fourth-order valence-electron chi connectivity index (χ4n) is 4.48. The molecule has 5 aromatic rings. The topological polar surface area (TPSA) is 139 Å². The van der Waals surface area contributed by atoms with Gasteiger partial charge in [0.25, 0.3) is 11.5 Å². The van der Waals surface area contributed by atoms with Crippen LogP contribution in [0.5, 0.6) is 11.5 Å². The van der Waals surface area contributed by atoms with Crippen molar-refractivity contribution in [3.63, 3.8) is 0 Å². The van der Waals surface area contributed by atoms with Gasteiger partial charge in [0, 0.05) is 49.0 Å². The highest BCUT2D eigenvalue weighted by atomic mass is 19.1. The number of carbonyl (C=O) groups is 1. The normalized spacial score (nSPS) is 10.8. The van der Waals surface area contributed by atoms with Crippen molar-refractivity contribution in [2.75, 3.05) is 11.1 Å². The van der Waals surface area contributed by atoms with E-state index in [1.807, 2.05) is 6.92 Å². The third kappa shape index (κ3) is 6.71. The zero-order chi connectivity index (χ0) is 33.0. The van der Waals surface area contributed by atoms with Gasteiger partial charge in [-0.05, 0) is 56.7 Å². The first-order valence-corrected chi connectivity index (χ1v) is 14.3. The van der Waals surface area contributed by atoms with Crippen LogP contribution < -0.4 is 27.0 Å². The molecule has 0 spiro atoms. The fraction of sp³-hybridized carbons (Fsp3) is 0.182. The molecule has 3 heterocycles. The zero-order valence-corrected chi connectivity index (χ0v) is 25.1. The monoisotopic (exact) mass is 625 g/mol. The van der Waals surface area contributed by atoms with E-state index in [0.717, 1.165) is 41.9 Å². The Kier molecular flexibility index (Phi) is 9.08. The molecule has 46 heavy (non-hydrogen) atoms. The van der Waals surface area contributed by atoms with E-state index in [1.165, 1.54) is 41.1 Å². The molecule has 0 unspecified atom stereocenters. The average Bonchev–Trinajstić information content (AvgIpc) is 3.46. The second-order valence-electron chi connectivity index (χ2n) is 10.5. The van der Waals surface area contributed by atoms with Gasteiger partial charge in [0.1, 0.15) is 28.5 Å². The fourth-order valence-corrected chi connectivity index (χ4v) is 4.48. The second kappa shape index (κ2) is 13.3. The number of aryl methyl sites for hydroxylation is 1. The lowest BCUT2D eigenvalue weighted by Gasteiger charge is -2.16. The van der Waals surface area contributed by atoms with E-state index >= 15 is 4.39 Å². The van der Waals surface area contributed by atoms with Crippen LogP contribution in [0, 0.1) is 23.5 Å². The number of ether oxygens (including phenoxy) is 1. The molecule has 0 radical (unpaired) electrons. The van der Waals surface area contributed by atoms with Gasteiger partial charge >= 0.3 is 5.69 Å². The van der Waals surface area contributed by atoms with Crippen LogP contribution in [-0.4, -0.2) is 29.8 Å². The molecule has 0 atom stereocenters. The summed E-state index contributed by atoms with van der Waals surface area (Å²) in [6.07, 6.45) is 6.88. The Labute approximate surface area is 261 Å². The van der Waals surface area contributed by atoms with Crippen molar-refractivity contribution < 1.29 is 18.3 Å². The van der Waals surface area contributed by atoms with Gasteiger partial charge < -0.3 is 15.8 Å². The molecule has 2 aromatic carbocycles. The minimum atomic E-state index is -0.923. The van der Waals surface area contributed by atoms with Crippen molar-refractivity contribution in [2.45, 2.75) is 39.8 Å². The van der Waals surface area contributed by atoms with Gasteiger partial charge in [0.2, 0.25) is 0 Å². The molecule has 0 aliphatic carbocycles. The summed E-state index contributed by atoms with van der Waals surface area (Å²) in [5.74, 6) is 3.67. The van der Waals surface area contributed by atoms with E-state index in [0.29, 0.717) is 5.56 Å². The maximum atomic E-state index is 15.3. The lowest BCUT2D eigenvalue weighted by Crippen LogP contribution is -2.42. The third-order valence-corrected chi connectivity index (χ3v) is 6.77. The number of nitrogens with two attached hydrogens (primary N) is 1. The molecule has 0 aliphatic rings. The Balaban J connectivity index is 1.41. The maximum absolute atomic E-state index is 15.3. The van der Waals surface area contributed by atoms with Crippen LogP contribution in [-0.2, 0) is 6.54 Å². The lowest BCUT2D eigenvalue weighted by atomic mass is 10.2. The first-order chi connectivity index (χ1) is 22.0. The largest absolute Gasteiger partial charge is 0.453 e. The molecule has 0 saturated carbocycles. The highest BCUT2D eigenvalue weighted by Crippen LogP contribution is 2.30. The first-order valence-electron chi connectivity index (χ1n) is 14.3. The summed E-state index contributed by atoms with van der Waals surface area (Å²) in [5.41, 5.74) is 5.05. The smallest absolute Gasteiger partial charge is 0.335 e. The molecule has 234 valence electrons. The highest BCUT2D eigenvalue weighted by Gasteiger charge is 2.21. The molecule has 0 saturated heterocycles. The Morgan fingerprint density at radius 2 is 1.80 bits per heavy atom. The minimum absolute atomic E-state index is 0.0169. The average molecular weight is 626 g/mol. The number of hydrogen-bond acceptors (Lipinski definition) is 7. The molecule has 0 fully saturated rings. The summed E-state index contributed by atoms with van der Waals surface area (Å²) in [7, 11) is 0. The van der Waals surface area contributed by atoms with Crippen LogP contribution in [0.2, 0.25) is 0 Å². The van der Waals surface area contributed by atoms with E-state index in [1.54, 1.807) is 30.9 Å². The standard InChI is InChI=1S/C33H29F2N7O4/c1-4-15-40-18-21(17-38-40)5-11-25-28(13-14-37-30(25)36)46-29-12-8-23(16-27(29)35)39-31(43)26-19-41(20(2)3)33(45)42(32(26)44)24-9-6-22(34)7-10-24/h6-10,12-14,16-20H,4,15H2,1-3H3,(H2,36,37)(H,39,43). The molecule has 11 nitrogen and oxygen atoms in total. The second-order valence-corrected chi connectivity index (χ2v) is 10.5. The van der Waals surface area contributed by atoms with E-state index in [9.17, 15) is 18.8 Å². The number of rotatable bonds is 8. The van der Waals surface area contributed by atoms with Crippen molar-refractivity contribution in [3.05, 3.63) is 122 Å². The van der Waals surface area contributed by atoms with Gasteiger partial charge in [-0.1, -0.05) is 18.8 Å². The van der Waals surface area contributed by atoms with Crippen molar-refractivity contribution in [1.82, 2.24) is 23.9 Å². The summed E-state index contributed by atoms with van der Waals surface area (Å²) in [6, 6.07) is 9.47. The van der Waals surface area contributed by atoms with E-state index in [-0.39, 0.29) is 39.8 Å². The Hall–Kier alpha value is -6.03. The van der Waals surface area contributed by atoms with Gasteiger partial charge in [-0.2, -0.15) is 5.10 Å². The van der Waals surface area contributed by atoms with Crippen LogP contribution in [0.1, 0.15) is 54.7 Å². The minimum Gasteiger partial charge on any atom is -0.453 e. The molecule has 0 bridgehead atoms. The van der Waals surface area contributed by atoms with Gasteiger partial charge in [0.05, 0.1) is 17.4 Å². The predicted octanol–water partition coefficient (Wildman–Crippen LogP) is 4.89. The van der Waals surface area contributed by atoms with Crippen LogP contribution in [0.4, 0.5) is 20.3 Å². The molecule has 0 aliphatic heterocycles. The van der Waals surface area contributed by atoms with Gasteiger partial charge in [-0.15, -0.1) is 0 Å². The molecular formula is C33H29F2N7O4. The number of nitrogens with one attached hydrogen (secondary N) is 1. The Bertz CT molecular complexity index is 2110. The highest BCUT2D eigenvalue weighted by molar-refractivity contribution is 6.03. The number of anilines is 2. The number of aromatic nitrogens is 5. The molecule has 13 heteroatoms. The maximum Gasteiger partial charge on any atom is 0.335 e. The van der Waals surface area contributed by atoms with Crippen LogP contribution in [0.3, 0.4) is 0 Å². The molecule has 1 amide bonds. The van der Waals surface area contributed by atoms with E-state index in [2.05, 4.69) is 27.2 Å². The van der Waals surface area contributed by atoms with Crippen LogP contribution >= 0.6 is 0 Å². The number of benzene rings is 2. The van der Waals surface area contributed by atoms with Crippen LogP contribution in [0.15, 0.2) is 82.9 Å². The molecule has 3 N–H and O–H groups in total. The van der Waals surface area contributed by atoms with Gasteiger partial charge in [0.15, 0.2) is 11.6 Å². The summed E-state index contributed by atoms with van der Waals surface area (Å²) in [6.45, 7) is 6.19. The van der Waals surface area contributed by atoms with Gasteiger partial charge in [-0.3, -0.25) is 18.8 Å². The number of nitrogens with zero attached hydrogens (tertiary/aromatic N) is 5. The van der Waals surface area contributed by atoms with Crippen molar-refractivity contribution in [2.24, 2.45) is 0 Å². The Morgan fingerprint density at radius 3 is 2.50 bits per heavy atom. The number of halogens is 2. The molecule has 3 aromatic heterocycles. The third-order valence-electron chi connectivity index (χ3n) is 6.77. The van der Waals surface area contributed by atoms with E-state index in [4.69, 9.17) is 10.5 Å². The van der Waals surface area contributed by atoms with Crippen molar-refractivity contribution in [1.29, 1.82) is 0 Å². The lowest BCUT2D eigenvalue weighted by molar-refractivity contribution is 0.102. The quantitative estimate of drug-likeness (QED) is 0.234. The summed E-state index contributed by atoms with van der Waals surface area (Å²) in [4.78, 5) is 43.7. The summed E-state index contributed by atoms with van der Waals surface area (Å²) >= 11 is 0. The number of pyridine rings is 1. The number of carbonyl (C=O) groups excluding carboxylic acids is 1. The predicted molar refractivity (Wildman–Crippen MR) is 168 cm³/mol. The molecule has 5 rings (SSSR count). The summed E-state index contributed by atoms with van der Waals surface area (Å²) in [5, 5.41) is 6.73. The number of hydrogen-bond donors (Lipinski definition) is 2. The molecular weight excluding hydrogens is 596 g/mol. The van der Waals surface area contributed by atoms with E-state index < -0.39 is 34.8 Å².